The Hall–Kier alpha value is -0.680. The molecule has 0 atom stereocenters. The molecule has 9 heteroatoms. The van der Waals surface area contributed by atoms with E-state index < -0.39 is 12.8 Å². The molecule has 0 radical (unpaired) electrons. The maximum absolute atomic E-state index is 11.9. The van der Waals surface area contributed by atoms with Crippen LogP contribution in [0.25, 0.3) is 0 Å². The van der Waals surface area contributed by atoms with Gasteiger partial charge in [-0.1, -0.05) is 0 Å². The molecule has 0 aromatic carbocycles. The van der Waals surface area contributed by atoms with E-state index in [0.29, 0.717) is 15.1 Å². The molecule has 0 aliphatic rings. The third-order valence-electron chi connectivity index (χ3n) is 2.01. The summed E-state index contributed by atoms with van der Waals surface area (Å²) in [7, 11) is 1.51. The van der Waals surface area contributed by atoms with Crippen molar-refractivity contribution in [2.45, 2.75) is 19.2 Å². The van der Waals surface area contributed by atoms with Gasteiger partial charge in [0, 0.05) is 13.5 Å². The molecule has 19 heavy (non-hydrogen) atoms. The number of nitrogens with zero attached hydrogens (tertiary/aromatic N) is 2. The van der Waals surface area contributed by atoms with E-state index in [1.165, 1.54) is 7.11 Å². The first-order chi connectivity index (χ1) is 8.83. The van der Waals surface area contributed by atoms with Crippen LogP contribution in [0.5, 0.6) is 0 Å². The summed E-state index contributed by atoms with van der Waals surface area (Å²) < 4.78 is 45.7. The van der Waals surface area contributed by atoms with E-state index in [1.807, 2.05) is 22.6 Å². The number of ether oxygens (including phenoxy) is 2. The van der Waals surface area contributed by atoms with Crippen molar-refractivity contribution in [1.82, 2.24) is 9.97 Å². The molecule has 1 aromatic heterocycles. The minimum Gasteiger partial charge on any atom is -0.383 e. The Balaban J connectivity index is 2.59. The fourth-order valence-corrected chi connectivity index (χ4v) is 1.66. The Kier molecular flexibility index (Phi) is 6.20. The van der Waals surface area contributed by atoms with Crippen LogP contribution in [-0.2, 0) is 22.5 Å². The highest BCUT2D eigenvalue weighted by Gasteiger charge is 2.27. The molecule has 0 unspecified atom stereocenters. The second-order valence-corrected chi connectivity index (χ2v) is 4.72. The Bertz CT molecular complexity index is 429. The minimum absolute atomic E-state index is 0.119. The molecule has 1 heterocycles. The minimum atomic E-state index is -4.33. The lowest BCUT2D eigenvalue weighted by Crippen LogP contribution is -2.18. The maximum Gasteiger partial charge on any atom is 0.411 e. The Morgan fingerprint density at radius 3 is 2.58 bits per heavy atom. The van der Waals surface area contributed by atoms with Crippen LogP contribution in [0.2, 0.25) is 0 Å². The molecule has 5 nitrogen and oxygen atoms in total. The first-order valence-electron chi connectivity index (χ1n) is 5.27. The summed E-state index contributed by atoms with van der Waals surface area (Å²) in [5.74, 6) is 0.626. The first-order valence-corrected chi connectivity index (χ1v) is 6.35. The van der Waals surface area contributed by atoms with Crippen LogP contribution in [0.15, 0.2) is 0 Å². The van der Waals surface area contributed by atoms with Gasteiger partial charge in [-0.15, -0.1) is 0 Å². The third-order valence-corrected chi connectivity index (χ3v) is 3.18. The molecule has 2 N–H and O–H groups in total. The molecule has 0 aliphatic carbocycles. The summed E-state index contributed by atoms with van der Waals surface area (Å²) in [6, 6.07) is 0. The van der Waals surface area contributed by atoms with E-state index in [-0.39, 0.29) is 25.5 Å². The van der Waals surface area contributed by atoms with Gasteiger partial charge in [0.2, 0.25) is 0 Å². The van der Waals surface area contributed by atoms with Crippen LogP contribution in [-0.4, -0.2) is 36.5 Å². The molecule has 0 spiro atoms. The number of methoxy groups -OCH3 is 1. The van der Waals surface area contributed by atoms with Crippen LogP contribution >= 0.6 is 22.6 Å². The second kappa shape index (κ2) is 7.20. The summed E-state index contributed by atoms with van der Waals surface area (Å²) in [5.41, 5.74) is 6.30. The highest BCUT2D eigenvalue weighted by molar-refractivity contribution is 14.1. The van der Waals surface area contributed by atoms with Crippen molar-refractivity contribution in [3.8, 4) is 0 Å². The maximum atomic E-state index is 11.9. The Morgan fingerprint density at radius 1 is 1.32 bits per heavy atom. The number of rotatable bonds is 6. The average Bonchev–Trinajstić information content (AvgIpc) is 2.30. The van der Waals surface area contributed by atoms with Gasteiger partial charge in [0.05, 0.1) is 22.5 Å². The zero-order valence-corrected chi connectivity index (χ0v) is 12.3. The van der Waals surface area contributed by atoms with Crippen molar-refractivity contribution in [2.24, 2.45) is 0 Å². The van der Waals surface area contributed by atoms with Gasteiger partial charge in [0.25, 0.3) is 0 Å². The summed E-state index contributed by atoms with van der Waals surface area (Å²) in [4.78, 5) is 8.16. The van der Waals surface area contributed by atoms with Crippen molar-refractivity contribution in [3.63, 3.8) is 0 Å². The zero-order valence-electron chi connectivity index (χ0n) is 10.1. The standard InChI is InChI=1S/C10H13F3IN3O2/c1-18-4-6-8(14)9(15)17-7(16-6)2-3-19-5-10(11,12)13/h2-5H2,1H3,(H2,15,16,17). The lowest BCUT2D eigenvalue weighted by atomic mass is 10.3. The predicted octanol–water partition coefficient (Wildman–Crippen LogP) is 1.93. The van der Waals surface area contributed by atoms with Gasteiger partial charge in [0.15, 0.2) is 0 Å². The molecule has 0 saturated carbocycles. The molecular formula is C10H13F3IN3O2. The number of alkyl halides is 3. The zero-order chi connectivity index (χ0) is 14.5. The van der Waals surface area contributed by atoms with Gasteiger partial charge in [-0.2, -0.15) is 13.2 Å². The van der Waals surface area contributed by atoms with Gasteiger partial charge in [-0.05, 0) is 22.6 Å². The van der Waals surface area contributed by atoms with Crippen LogP contribution in [0.1, 0.15) is 11.5 Å². The number of nitrogens with two attached hydrogens (primary N) is 1. The molecule has 1 rings (SSSR count). The van der Waals surface area contributed by atoms with Gasteiger partial charge in [-0.25, -0.2) is 9.97 Å². The third kappa shape index (κ3) is 5.87. The molecule has 0 bridgehead atoms. The SMILES string of the molecule is COCc1nc(CCOCC(F)(F)F)nc(N)c1I. The summed E-state index contributed by atoms with van der Waals surface area (Å²) >= 11 is 1.99. The monoisotopic (exact) mass is 391 g/mol. The van der Waals surface area contributed by atoms with Gasteiger partial charge in [0.1, 0.15) is 18.2 Å². The lowest BCUT2D eigenvalue weighted by molar-refractivity contribution is -0.173. The molecule has 0 aliphatic heterocycles. The van der Waals surface area contributed by atoms with E-state index in [4.69, 9.17) is 10.5 Å². The average molecular weight is 391 g/mol. The fourth-order valence-electron chi connectivity index (χ4n) is 1.26. The van der Waals surface area contributed by atoms with Crippen molar-refractivity contribution in [2.75, 3.05) is 26.1 Å². The van der Waals surface area contributed by atoms with Crippen molar-refractivity contribution in [3.05, 3.63) is 15.1 Å². The summed E-state index contributed by atoms with van der Waals surface area (Å²) in [5, 5.41) is 0. The van der Waals surface area contributed by atoms with Gasteiger partial charge >= 0.3 is 6.18 Å². The number of anilines is 1. The van der Waals surface area contributed by atoms with E-state index in [1.54, 1.807) is 0 Å². The van der Waals surface area contributed by atoms with E-state index in [2.05, 4.69) is 14.7 Å². The smallest absolute Gasteiger partial charge is 0.383 e. The quantitative estimate of drug-likeness (QED) is 0.593. The van der Waals surface area contributed by atoms with Crippen molar-refractivity contribution < 1.29 is 22.6 Å². The van der Waals surface area contributed by atoms with Gasteiger partial charge < -0.3 is 15.2 Å². The van der Waals surface area contributed by atoms with E-state index in [0.717, 1.165) is 0 Å². The van der Waals surface area contributed by atoms with Crippen LogP contribution in [0.3, 0.4) is 0 Å². The largest absolute Gasteiger partial charge is 0.411 e. The Morgan fingerprint density at radius 2 is 2.00 bits per heavy atom. The second-order valence-electron chi connectivity index (χ2n) is 3.64. The molecule has 0 fully saturated rings. The molecule has 0 amide bonds. The fraction of sp³-hybridized carbons (Fsp3) is 0.600. The number of halogens is 4. The number of nitrogen functional groups attached to an aromatic ring is 1. The topological polar surface area (TPSA) is 70.3 Å². The highest BCUT2D eigenvalue weighted by Crippen LogP contribution is 2.18. The molecular weight excluding hydrogens is 378 g/mol. The predicted molar refractivity (Wildman–Crippen MR) is 70.5 cm³/mol. The van der Waals surface area contributed by atoms with E-state index >= 15 is 0 Å². The van der Waals surface area contributed by atoms with Crippen molar-refractivity contribution >= 4 is 28.4 Å². The lowest BCUT2D eigenvalue weighted by Gasteiger charge is -2.09. The van der Waals surface area contributed by atoms with E-state index in [9.17, 15) is 13.2 Å². The van der Waals surface area contributed by atoms with Gasteiger partial charge in [-0.3, -0.25) is 0 Å². The number of hydrogen-bond acceptors (Lipinski definition) is 5. The number of hydrogen-bond donors (Lipinski definition) is 1. The van der Waals surface area contributed by atoms with Crippen LogP contribution in [0, 0.1) is 3.57 Å². The van der Waals surface area contributed by atoms with Crippen LogP contribution < -0.4 is 5.73 Å². The Labute approximate surface area is 121 Å². The highest BCUT2D eigenvalue weighted by atomic mass is 127. The normalized spacial score (nSPS) is 11.8. The summed E-state index contributed by atoms with van der Waals surface area (Å²) in [6.45, 7) is -1.13. The van der Waals surface area contributed by atoms with Crippen LogP contribution in [0.4, 0.5) is 19.0 Å². The van der Waals surface area contributed by atoms with Crippen molar-refractivity contribution in [1.29, 1.82) is 0 Å². The molecule has 108 valence electrons. The molecule has 0 saturated heterocycles. The first kappa shape index (κ1) is 16.4. The molecule has 1 aromatic rings. The number of aromatic nitrogens is 2. The summed E-state index contributed by atoms with van der Waals surface area (Å²) in [6.07, 6.45) is -4.17.